The molecule has 1 unspecified atom stereocenters. The first-order valence-corrected chi connectivity index (χ1v) is 6.37. The first-order valence-electron chi connectivity index (χ1n) is 6.37. The topological polar surface area (TPSA) is 40.5 Å². The van der Waals surface area contributed by atoms with Crippen LogP contribution in [0.2, 0.25) is 0 Å². The van der Waals surface area contributed by atoms with Crippen LogP contribution < -0.4 is 0 Å². The van der Waals surface area contributed by atoms with Crippen molar-refractivity contribution in [1.82, 2.24) is 5.06 Å². The van der Waals surface area contributed by atoms with E-state index in [9.17, 15) is 10.0 Å². The van der Waals surface area contributed by atoms with Crippen molar-refractivity contribution in [3.8, 4) is 0 Å². The minimum Gasteiger partial charge on any atom is -0.284 e. The van der Waals surface area contributed by atoms with Gasteiger partial charge in [0.05, 0.1) is 0 Å². The molecule has 0 aliphatic rings. The molecule has 0 spiro atoms. The van der Waals surface area contributed by atoms with Crippen LogP contribution in [-0.4, -0.2) is 16.2 Å². The molecule has 20 heavy (non-hydrogen) atoms. The van der Waals surface area contributed by atoms with Crippen LogP contribution in [0.4, 0.5) is 0 Å². The Morgan fingerprint density at radius 2 is 1.60 bits per heavy atom. The van der Waals surface area contributed by atoms with Gasteiger partial charge in [0, 0.05) is 5.56 Å². The third kappa shape index (κ3) is 2.49. The summed E-state index contributed by atoms with van der Waals surface area (Å²) >= 11 is 0. The molecule has 2 aromatic rings. The molecule has 0 fully saturated rings. The zero-order valence-corrected chi connectivity index (χ0v) is 11.4. The van der Waals surface area contributed by atoms with Crippen LogP contribution in [0.25, 0.3) is 0 Å². The van der Waals surface area contributed by atoms with E-state index in [1.165, 1.54) is 0 Å². The predicted octanol–water partition coefficient (Wildman–Crippen LogP) is 3.62. The molecule has 0 saturated carbocycles. The molecular weight excluding hydrogens is 250 g/mol. The fraction of sp³-hybridized carbons (Fsp3) is 0.118. The molecule has 1 N–H and O–H groups in total. The predicted molar refractivity (Wildman–Crippen MR) is 78.4 cm³/mol. The lowest BCUT2D eigenvalue weighted by molar-refractivity contribution is -0.113. The number of rotatable bonds is 4. The molecule has 3 heteroatoms. The van der Waals surface area contributed by atoms with Crippen LogP contribution in [0.15, 0.2) is 73.3 Å². The SMILES string of the molecule is C=CC(C)(c1ccccc1)N(O)C(=O)c1ccccc1. The van der Waals surface area contributed by atoms with Gasteiger partial charge < -0.3 is 0 Å². The first kappa shape index (κ1) is 14.0. The van der Waals surface area contributed by atoms with Gasteiger partial charge in [-0.1, -0.05) is 54.6 Å². The highest BCUT2D eigenvalue weighted by Gasteiger charge is 2.34. The monoisotopic (exact) mass is 267 g/mol. The Hall–Kier alpha value is -2.39. The summed E-state index contributed by atoms with van der Waals surface area (Å²) in [5, 5.41) is 11.1. The van der Waals surface area contributed by atoms with Crippen molar-refractivity contribution in [2.24, 2.45) is 0 Å². The number of carbonyl (C=O) groups excluding carboxylic acids is 1. The zero-order valence-electron chi connectivity index (χ0n) is 11.4. The zero-order chi connectivity index (χ0) is 14.6. The van der Waals surface area contributed by atoms with Gasteiger partial charge in [-0.3, -0.25) is 10.0 Å². The van der Waals surface area contributed by atoms with Crippen molar-refractivity contribution in [2.75, 3.05) is 0 Å². The van der Waals surface area contributed by atoms with Gasteiger partial charge in [0.2, 0.25) is 0 Å². The third-order valence-corrected chi connectivity index (χ3v) is 3.41. The van der Waals surface area contributed by atoms with Crippen LogP contribution in [0.3, 0.4) is 0 Å². The molecule has 0 radical (unpaired) electrons. The smallest absolute Gasteiger partial charge is 0.278 e. The molecule has 2 aromatic carbocycles. The Morgan fingerprint density at radius 3 is 2.10 bits per heavy atom. The van der Waals surface area contributed by atoms with E-state index >= 15 is 0 Å². The van der Waals surface area contributed by atoms with E-state index in [0.717, 1.165) is 10.6 Å². The average molecular weight is 267 g/mol. The maximum absolute atomic E-state index is 12.4. The second-order valence-corrected chi connectivity index (χ2v) is 4.70. The standard InChI is InChI=1S/C17H17NO2/c1-3-17(2,15-12-8-5-9-13-15)18(20)16(19)14-10-6-4-7-11-14/h3-13,20H,1H2,2H3. The van der Waals surface area contributed by atoms with Crippen molar-refractivity contribution in [3.63, 3.8) is 0 Å². The molecule has 2 rings (SSSR count). The number of benzene rings is 2. The number of hydrogen-bond donors (Lipinski definition) is 1. The van der Waals surface area contributed by atoms with Gasteiger partial charge in [-0.25, -0.2) is 5.06 Å². The summed E-state index contributed by atoms with van der Waals surface area (Å²) in [5.74, 6) is -0.461. The highest BCUT2D eigenvalue weighted by molar-refractivity contribution is 5.94. The molecule has 1 atom stereocenters. The molecule has 0 aromatic heterocycles. The third-order valence-electron chi connectivity index (χ3n) is 3.41. The number of hydroxylamine groups is 2. The van der Waals surface area contributed by atoms with E-state index in [2.05, 4.69) is 6.58 Å². The van der Waals surface area contributed by atoms with Crippen LogP contribution in [0.1, 0.15) is 22.8 Å². The number of hydrogen-bond acceptors (Lipinski definition) is 2. The summed E-state index contributed by atoms with van der Waals surface area (Å²) in [6, 6.07) is 18.0. The Balaban J connectivity index is 2.37. The lowest BCUT2D eigenvalue weighted by Gasteiger charge is -2.34. The van der Waals surface area contributed by atoms with Crippen molar-refractivity contribution < 1.29 is 10.0 Å². The van der Waals surface area contributed by atoms with Gasteiger partial charge in [0.1, 0.15) is 5.54 Å². The van der Waals surface area contributed by atoms with E-state index in [0.29, 0.717) is 5.56 Å². The van der Waals surface area contributed by atoms with Gasteiger partial charge in [0.15, 0.2) is 0 Å². The lowest BCUT2D eigenvalue weighted by Crippen LogP contribution is -2.44. The van der Waals surface area contributed by atoms with Crippen LogP contribution in [0, 0.1) is 0 Å². The largest absolute Gasteiger partial charge is 0.284 e. The summed E-state index contributed by atoms with van der Waals surface area (Å²) < 4.78 is 0. The van der Waals surface area contributed by atoms with Crippen molar-refractivity contribution in [3.05, 3.63) is 84.4 Å². The second kappa shape index (κ2) is 5.72. The quantitative estimate of drug-likeness (QED) is 0.522. The summed E-state index contributed by atoms with van der Waals surface area (Å²) in [6.07, 6.45) is 1.56. The first-order chi connectivity index (χ1) is 9.59. The van der Waals surface area contributed by atoms with Gasteiger partial charge in [-0.15, -0.1) is 6.58 Å². The van der Waals surface area contributed by atoms with Gasteiger partial charge in [-0.2, -0.15) is 0 Å². The van der Waals surface area contributed by atoms with E-state index in [4.69, 9.17) is 0 Å². The van der Waals surface area contributed by atoms with E-state index < -0.39 is 11.4 Å². The maximum Gasteiger partial charge on any atom is 0.278 e. The average Bonchev–Trinajstić information content (AvgIpc) is 2.54. The van der Waals surface area contributed by atoms with Gasteiger partial charge in [0.25, 0.3) is 5.91 Å². The summed E-state index contributed by atoms with van der Waals surface area (Å²) in [6.45, 7) is 5.50. The van der Waals surface area contributed by atoms with Crippen molar-refractivity contribution >= 4 is 5.91 Å². The minimum atomic E-state index is -0.978. The second-order valence-electron chi connectivity index (χ2n) is 4.70. The fourth-order valence-corrected chi connectivity index (χ4v) is 2.02. The van der Waals surface area contributed by atoms with E-state index in [1.807, 2.05) is 36.4 Å². The summed E-state index contributed by atoms with van der Waals surface area (Å²) in [4.78, 5) is 12.4. The van der Waals surface area contributed by atoms with Crippen LogP contribution >= 0.6 is 0 Å². The minimum absolute atomic E-state index is 0.430. The Labute approximate surface area is 118 Å². The van der Waals surface area contributed by atoms with Crippen LogP contribution in [0.5, 0.6) is 0 Å². The molecule has 0 saturated heterocycles. The molecular formula is C17H17NO2. The maximum atomic E-state index is 12.4. The highest BCUT2D eigenvalue weighted by atomic mass is 16.5. The molecule has 102 valence electrons. The van der Waals surface area contributed by atoms with E-state index in [-0.39, 0.29) is 0 Å². The molecule has 3 nitrogen and oxygen atoms in total. The normalized spacial score (nSPS) is 13.3. The Bertz CT molecular complexity index is 595. The molecule has 1 amide bonds. The van der Waals surface area contributed by atoms with Gasteiger partial charge >= 0.3 is 0 Å². The number of nitrogens with zero attached hydrogens (tertiary/aromatic N) is 1. The van der Waals surface area contributed by atoms with Crippen molar-refractivity contribution in [2.45, 2.75) is 12.5 Å². The molecule has 0 bridgehead atoms. The number of carbonyl (C=O) groups is 1. The summed E-state index contributed by atoms with van der Waals surface area (Å²) in [7, 11) is 0. The van der Waals surface area contributed by atoms with Crippen LogP contribution in [-0.2, 0) is 5.54 Å². The Morgan fingerprint density at radius 1 is 1.10 bits per heavy atom. The highest BCUT2D eigenvalue weighted by Crippen LogP contribution is 2.29. The lowest BCUT2D eigenvalue weighted by atomic mass is 9.91. The van der Waals surface area contributed by atoms with E-state index in [1.54, 1.807) is 37.3 Å². The fourth-order valence-electron chi connectivity index (χ4n) is 2.02. The molecule has 0 aliphatic carbocycles. The Kier molecular flexibility index (Phi) is 4.01. The van der Waals surface area contributed by atoms with Crippen molar-refractivity contribution in [1.29, 1.82) is 0 Å². The molecule has 0 aliphatic heterocycles. The summed E-state index contributed by atoms with van der Waals surface area (Å²) in [5.41, 5.74) is 0.245. The molecule has 0 heterocycles. The van der Waals surface area contributed by atoms with Gasteiger partial charge in [-0.05, 0) is 24.6 Å². The number of amides is 1.